The van der Waals surface area contributed by atoms with Gasteiger partial charge in [-0.15, -0.1) is 0 Å². The normalized spacial score (nSPS) is 30.9. The van der Waals surface area contributed by atoms with Crippen LogP contribution in [-0.2, 0) is 17.8 Å². The number of carbonyl (C=O) groups is 1. The molecule has 1 N–H and O–H groups in total. The predicted molar refractivity (Wildman–Crippen MR) is 61.9 cm³/mol. The molecule has 1 aliphatic heterocycles. The van der Waals surface area contributed by atoms with Crippen molar-refractivity contribution < 1.29 is 4.79 Å². The van der Waals surface area contributed by atoms with Crippen LogP contribution in [0.3, 0.4) is 0 Å². The van der Waals surface area contributed by atoms with Crippen LogP contribution in [0.1, 0.15) is 26.5 Å². The molecule has 1 aromatic heterocycles. The zero-order chi connectivity index (χ0) is 11.7. The van der Waals surface area contributed by atoms with Crippen LogP contribution in [-0.4, -0.2) is 21.5 Å². The van der Waals surface area contributed by atoms with E-state index >= 15 is 0 Å². The molecule has 88 valence electrons. The molecule has 0 saturated heterocycles. The number of imidazole rings is 1. The van der Waals surface area contributed by atoms with Gasteiger partial charge in [0, 0.05) is 31.1 Å². The number of hydrogen-bond donors (Lipinski definition) is 1. The van der Waals surface area contributed by atoms with Gasteiger partial charge < -0.3 is 9.88 Å². The number of rotatable bonds is 0. The van der Waals surface area contributed by atoms with Gasteiger partial charge in [0.25, 0.3) is 0 Å². The van der Waals surface area contributed by atoms with Crippen molar-refractivity contribution in [2.45, 2.75) is 39.8 Å². The van der Waals surface area contributed by atoms with Gasteiger partial charge in [0.2, 0.25) is 5.91 Å². The number of hydrogen-bond acceptors (Lipinski definition) is 2. The Morgan fingerprint density at radius 1 is 1.44 bits per heavy atom. The summed E-state index contributed by atoms with van der Waals surface area (Å²) in [5.41, 5.74) is 1.05. The average molecular weight is 221 g/mol. The maximum Gasteiger partial charge on any atom is 0.223 e. The highest BCUT2D eigenvalue weighted by molar-refractivity contribution is 5.78. The summed E-state index contributed by atoms with van der Waals surface area (Å²) in [5.74, 6) is 0.529. The molecule has 3 unspecified atom stereocenters. The van der Waals surface area contributed by atoms with E-state index in [4.69, 9.17) is 0 Å². The zero-order valence-corrected chi connectivity index (χ0v) is 10.1. The van der Waals surface area contributed by atoms with Crippen molar-refractivity contribution >= 4 is 5.91 Å². The van der Waals surface area contributed by atoms with Crippen LogP contribution in [0.2, 0.25) is 0 Å². The Morgan fingerprint density at radius 2 is 2.19 bits per heavy atom. The first-order chi connectivity index (χ1) is 7.56. The molecule has 0 saturated carbocycles. The second kappa shape index (κ2) is 4.28. The molecule has 2 rings (SSSR count). The number of nitrogens with zero attached hydrogens (tertiary/aromatic N) is 2. The first-order valence-corrected chi connectivity index (χ1v) is 5.87. The van der Waals surface area contributed by atoms with Crippen molar-refractivity contribution in [3.05, 3.63) is 18.2 Å². The van der Waals surface area contributed by atoms with E-state index in [1.54, 1.807) is 0 Å². The Balaban J connectivity index is 2.25. The van der Waals surface area contributed by atoms with Gasteiger partial charge in [-0.2, -0.15) is 0 Å². The molecule has 2 bridgehead atoms. The van der Waals surface area contributed by atoms with Crippen molar-refractivity contribution in [1.29, 1.82) is 0 Å². The second-order valence-electron chi connectivity index (χ2n) is 4.94. The minimum atomic E-state index is 0.0476. The molecule has 0 aromatic carbocycles. The van der Waals surface area contributed by atoms with E-state index in [-0.39, 0.29) is 17.9 Å². The average Bonchev–Trinajstić information content (AvgIpc) is 2.62. The van der Waals surface area contributed by atoms with Crippen molar-refractivity contribution in [3.63, 3.8) is 0 Å². The zero-order valence-electron chi connectivity index (χ0n) is 10.1. The van der Waals surface area contributed by atoms with E-state index in [0.717, 1.165) is 18.7 Å². The topological polar surface area (TPSA) is 46.9 Å². The summed E-state index contributed by atoms with van der Waals surface area (Å²) in [6, 6.07) is 0.156. The van der Waals surface area contributed by atoms with E-state index in [1.165, 1.54) is 0 Å². The van der Waals surface area contributed by atoms with Crippen LogP contribution in [0.4, 0.5) is 0 Å². The molecule has 4 heteroatoms. The fourth-order valence-corrected chi connectivity index (χ4v) is 2.10. The molecule has 2 heterocycles. The molecular weight excluding hydrogens is 202 g/mol. The van der Waals surface area contributed by atoms with Crippen molar-refractivity contribution in [1.82, 2.24) is 14.9 Å². The standard InChI is InChI=1S/C12H19N3O/c1-8-5-15-6-11(13-7-15)4-9(2)14-12(16)10(8)3/h6-10H,4-5H2,1-3H3,(H,14,16). The third kappa shape index (κ3) is 2.26. The van der Waals surface area contributed by atoms with Crippen molar-refractivity contribution in [2.24, 2.45) is 11.8 Å². The summed E-state index contributed by atoms with van der Waals surface area (Å²) in [7, 11) is 0. The summed E-state index contributed by atoms with van der Waals surface area (Å²) in [6.07, 6.45) is 4.75. The Labute approximate surface area is 96.1 Å². The summed E-state index contributed by atoms with van der Waals surface area (Å²) >= 11 is 0. The lowest BCUT2D eigenvalue weighted by atomic mass is 9.94. The quantitative estimate of drug-likeness (QED) is 0.716. The maximum atomic E-state index is 11.9. The highest BCUT2D eigenvalue weighted by Gasteiger charge is 2.23. The predicted octanol–water partition coefficient (Wildman–Crippen LogP) is 1.22. The fourth-order valence-electron chi connectivity index (χ4n) is 2.10. The Hall–Kier alpha value is -1.32. The minimum absolute atomic E-state index is 0.0476. The Bertz CT molecular complexity index is 385. The summed E-state index contributed by atoms with van der Waals surface area (Å²) in [4.78, 5) is 16.2. The first-order valence-electron chi connectivity index (χ1n) is 5.87. The molecule has 0 aliphatic carbocycles. The van der Waals surface area contributed by atoms with Crippen LogP contribution < -0.4 is 5.32 Å². The Morgan fingerprint density at radius 3 is 2.94 bits per heavy atom. The number of carbonyl (C=O) groups excluding carboxylic acids is 1. The molecule has 1 aromatic rings. The highest BCUT2D eigenvalue weighted by Crippen LogP contribution is 2.16. The van der Waals surface area contributed by atoms with E-state index in [2.05, 4.69) is 28.0 Å². The van der Waals surface area contributed by atoms with Gasteiger partial charge in [-0.3, -0.25) is 4.79 Å². The molecule has 1 amide bonds. The summed E-state index contributed by atoms with van der Waals surface area (Å²) < 4.78 is 2.09. The highest BCUT2D eigenvalue weighted by atomic mass is 16.1. The number of fused-ring (bicyclic) bond motifs is 2. The fraction of sp³-hybridized carbons (Fsp3) is 0.667. The molecular formula is C12H19N3O. The molecule has 0 fully saturated rings. The lowest BCUT2D eigenvalue weighted by Crippen LogP contribution is -2.40. The largest absolute Gasteiger partial charge is 0.353 e. The number of amides is 1. The van der Waals surface area contributed by atoms with E-state index in [0.29, 0.717) is 5.92 Å². The van der Waals surface area contributed by atoms with Crippen LogP contribution in [0.15, 0.2) is 12.5 Å². The third-order valence-electron chi connectivity index (χ3n) is 3.36. The molecule has 3 atom stereocenters. The van der Waals surface area contributed by atoms with Crippen molar-refractivity contribution in [3.8, 4) is 0 Å². The van der Waals surface area contributed by atoms with E-state index in [1.807, 2.05) is 20.2 Å². The number of nitrogens with one attached hydrogen (secondary N) is 1. The summed E-state index contributed by atoms with van der Waals surface area (Å²) in [5, 5.41) is 3.04. The summed E-state index contributed by atoms with van der Waals surface area (Å²) in [6.45, 7) is 6.98. The second-order valence-corrected chi connectivity index (χ2v) is 4.94. The van der Waals surface area contributed by atoms with E-state index < -0.39 is 0 Å². The van der Waals surface area contributed by atoms with Gasteiger partial charge in [-0.1, -0.05) is 13.8 Å². The molecule has 0 spiro atoms. The van der Waals surface area contributed by atoms with Crippen molar-refractivity contribution in [2.75, 3.05) is 0 Å². The van der Waals surface area contributed by atoms with Gasteiger partial charge >= 0.3 is 0 Å². The first kappa shape index (κ1) is 11.2. The van der Waals surface area contributed by atoms with Gasteiger partial charge in [-0.25, -0.2) is 4.98 Å². The third-order valence-corrected chi connectivity index (χ3v) is 3.36. The maximum absolute atomic E-state index is 11.9. The van der Waals surface area contributed by atoms with Crippen LogP contribution in [0, 0.1) is 11.8 Å². The van der Waals surface area contributed by atoms with Gasteiger partial charge in [-0.05, 0) is 12.8 Å². The van der Waals surface area contributed by atoms with Gasteiger partial charge in [0.05, 0.1) is 12.0 Å². The van der Waals surface area contributed by atoms with Crippen LogP contribution in [0.25, 0.3) is 0 Å². The molecule has 4 nitrogen and oxygen atoms in total. The lowest BCUT2D eigenvalue weighted by Gasteiger charge is -2.23. The smallest absolute Gasteiger partial charge is 0.223 e. The molecule has 1 aliphatic rings. The number of aromatic nitrogens is 2. The lowest BCUT2D eigenvalue weighted by molar-refractivity contribution is -0.126. The Kier molecular flexibility index (Phi) is 2.99. The minimum Gasteiger partial charge on any atom is -0.353 e. The van der Waals surface area contributed by atoms with Gasteiger partial charge in [0.1, 0.15) is 0 Å². The van der Waals surface area contributed by atoms with Crippen LogP contribution in [0.5, 0.6) is 0 Å². The van der Waals surface area contributed by atoms with Crippen LogP contribution >= 0.6 is 0 Å². The SMILES string of the molecule is CC1Cc2cn(cn2)CC(C)C(C)C(=O)N1. The van der Waals surface area contributed by atoms with Gasteiger partial charge in [0.15, 0.2) is 0 Å². The van der Waals surface area contributed by atoms with E-state index in [9.17, 15) is 4.79 Å². The molecule has 0 radical (unpaired) electrons. The monoisotopic (exact) mass is 221 g/mol. The molecule has 16 heavy (non-hydrogen) atoms.